The number of ether oxygens (including phenoxy) is 4. The van der Waals surface area contributed by atoms with Crippen molar-refractivity contribution in [2.75, 3.05) is 39.6 Å². The third-order valence-electron chi connectivity index (χ3n) is 16.9. The van der Waals surface area contributed by atoms with E-state index in [0.29, 0.717) is 25.7 Å². The molecule has 6 atom stereocenters. The lowest BCUT2D eigenvalue weighted by atomic mass is 9.99. The van der Waals surface area contributed by atoms with Gasteiger partial charge in [-0.15, -0.1) is 0 Å². The molecule has 0 aromatic heterocycles. The molecular formula is C71H138O17P2. The van der Waals surface area contributed by atoms with Crippen molar-refractivity contribution >= 4 is 39.5 Å². The molecule has 0 fully saturated rings. The third kappa shape index (κ3) is 63.5. The van der Waals surface area contributed by atoms with Crippen LogP contribution in [0.1, 0.15) is 369 Å². The van der Waals surface area contributed by atoms with Gasteiger partial charge in [-0.3, -0.25) is 37.3 Å². The van der Waals surface area contributed by atoms with Crippen LogP contribution in [0.25, 0.3) is 0 Å². The van der Waals surface area contributed by atoms with Crippen molar-refractivity contribution < 1.29 is 80.2 Å². The second-order valence-electron chi connectivity index (χ2n) is 25.9. The van der Waals surface area contributed by atoms with E-state index in [-0.39, 0.29) is 25.7 Å². The Morgan fingerprint density at radius 3 is 0.789 bits per heavy atom. The molecule has 0 rings (SSSR count). The van der Waals surface area contributed by atoms with E-state index in [9.17, 15) is 43.2 Å². The van der Waals surface area contributed by atoms with Crippen LogP contribution in [0.2, 0.25) is 0 Å². The summed E-state index contributed by atoms with van der Waals surface area (Å²) < 4.78 is 68.2. The van der Waals surface area contributed by atoms with Gasteiger partial charge in [-0.25, -0.2) is 9.13 Å². The molecule has 534 valence electrons. The van der Waals surface area contributed by atoms with Crippen LogP contribution in [-0.4, -0.2) is 96.7 Å². The lowest BCUT2D eigenvalue weighted by Gasteiger charge is -2.21. The second-order valence-corrected chi connectivity index (χ2v) is 28.8. The number of aliphatic hydroxyl groups excluding tert-OH is 1. The highest BCUT2D eigenvalue weighted by molar-refractivity contribution is 7.47. The number of rotatable bonds is 71. The Balaban J connectivity index is 5.19. The highest BCUT2D eigenvalue weighted by Gasteiger charge is 2.30. The molecule has 0 aliphatic rings. The van der Waals surface area contributed by atoms with Crippen LogP contribution in [0, 0.1) is 5.92 Å². The Kier molecular flexibility index (Phi) is 63.0. The van der Waals surface area contributed by atoms with Gasteiger partial charge in [0.05, 0.1) is 26.4 Å². The number of esters is 4. The van der Waals surface area contributed by atoms with Crippen molar-refractivity contribution in [3.63, 3.8) is 0 Å². The van der Waals surface area contributed by atoms with E-state index in [0.717, 1.165) is 109 Å². The normalized spacial score (nSPS) is 14.4. The fraction of sp³-hybridized carbons (Fsp3) is 0.944. The van der Waals surface area contributed by atoms with E-state index >= 15 is 0 Å². The summed E-state index contributed by atoms with van der Waals surface area (Å²) in [5, 5.41) is 10.6. The minimum absolute atomic E-state index is 0.105. The SMILES string of the molecule is CCCCCCCCCCCCCCCCCCCCC(=O)O[C@H](COC(=O)CCCCCCCCCCCCCCC)COP(=O)(O)OC[C@@H](O)COP(=O)(O)OC[C@@H](COC(=O)CCCCCCCCC)OC(=O)CCCCCCCCCCC(C)CC. The van der Waals surface area contributed by atoms with E-state index in [2.05, 4.69) is 34.6 Å². The first-order valence-electron chi connectivity index (χ1n) is 37.2. The quantitative estimate of drug-likeness (QED) is 0.0222. The molecule has 19 heteroatoms. The summed E-state index contributed by atoms with van der Waals surface area (Å²) in [7, 11) is -9.90. The minimum atomic E-state index is -4.95. The van der Waals surface area contributed by atoms with Crippen molar-refractivity contribution in [1.82, 2.24) is 0 Å². The van der Waals surface area contributed by atoms with Crippen LogP contribution in [0.15, 0.2) is 0 Å². The molecule has 17 nitrogen and oxygen atoms in total. The van der Waals surface area contributed by atoms with Crippen molar-refractivity contribution in [2.45, 2.75) is 387 Å². The van der Waals surface area contributed by atoms with Crippen molar-refractivity contribution in [3.05, 3.63) is 0 Å². The van der Waals surface area contributed by atoms with Gasteiger partial charge >= 0.3 is 39.5 Å². The van der Waals surface area contributed by atoms with Crippen LogP contribution >= 0.6 is 15.6 Å². The molecule has 0 amide bonds. The molecule has 0 aliphatic carbocycles. The first-order valence-corrected chi connectivity index (χ1v) is 40.2. The number of unbranched alkanes of at least 4 members (excludes halogenated alkanes) is 42. The monoisotopic (exact) mass is 1320 g/mol. The van der Waals surface area contributed by atoms with Gasteiger partial charge in [0, 0.05) is 25.7 Å². The van der Waals surface area contributed by atoms with Gasteiger partial charge in [-0.2, -0.15) is 0 Å². The standard InChI is InChI=1S/C71H138O17P2/c1-6-10-13-16-19-21-23-25-26-27-28-29-31-33-35-41-46-51-56-70(75)87-67(61-82-69(74)55-50-45-40-34-32-30-24-22-20-17-14-11-7-2)63-86-90(79,80)84-59-65(72)58-83-89(77,78)85-62-66(60-81-68(73)54-49-44-38-18-15-12-8-3)88-71(76)57-52-47-42-37-36-39-43-48-53-64(5)9-4/h64-67,72H,6-63H2,1-5H3,(H,77,78)(H,79,80)/t64?,65-,66+,67+/m0/s1. The molecule has 0 bridgehead atoms. The van der Waals surface area contributed by atoms with Crippen LogP contribution in [0.4, 0.5) is 0 Å². The lowest BCUT2D eigenvalue weighted by molar-refractivity contribution is -0.161. The molecule has 0 aromatic rings. The van der Waals surface area contributed by atoms with Gasteiger partial charge in [-0.1, -0.05) is 317 Å². The lowest BCUT2D eigenvalue weighted by Crippen LogP contribution is -2.30. The molecular weight excluding hydrogens is 1190 g/mol. The molecule has 0 radical (unpaired) electrons. The Labute approximate surface area is 549 Å². The first kappa shape index (κ1) is 88.1. The largest absolute Gasteiger partial charge is 0.472 e. The molecule has 0 saturated heterocycles. The maximum absolute atomic E-state index is 13.0. The highest BCUT2D eigenvalue weighted by Crippen LogP contribution is 2.45. The highest BCUT2D eigenvalue weighted by atomic mass is 31.2. The topological polar surface area (TPSA) is 237 Å². The average molecular weight is 1330 g/mol. The summed E-state index contributed by atoms with van der Waals surface area (Å²) in [6.07, 6.45) is 51.4. The molecule has 3 N–H and O–H groups in total. The zero-order chi connectivity index (χ0) is 66.3. The van der Waals surface area contributed by atoms with Gasteiger partial charge in [0.1, 0.15) is 19.3 Å². The number of hydrogen-bond acceptors (Lipinski definition) is 15. The molecule has 0 heterocycles. The Morgan fingerprint density at radius 2 is 0.533 bits per heavy atom. The van der Waals surface area contributed by atoms with Crippen molar-refractivity contribution in [3.8, 4) is 0 Å². The summed E-state index contributed by atoms with van der Waals surface area (Å²) in [5.41, 5.74) is 0. The fourth-order valence-corrected chi connectivity index (χ4v) is 12.4. The van der Waals surface area contributed by atoms with E-state index in [1.54, 1.807) is 0 Å². The Hall–Kier alpha value is -1.94. The van der Waals surface area contributed by atoms with Gasteiger partial charge in [0.25, 0.3) is 0 Å². The van der Waals surface area contributed by atoms with Crippen LogP contribution < -0.4 is 0 Å². The van der Waals surface area contributed by atoms with Crippen LogP contribution in [-0.2, 0) is 65.4 Å². The van der Waals surface area contributed by atoms with Gasteiger partial charge in [0.2, 0.25) is 0 Å². The zero-order valence-electron chi connectivity index (χ0n) is 58.3. The number of aliphatic hydroxyl groups is 1. The number of carbonyl (C=O) groups is 4. The smallest absolute Gasteiger partial charge is 0.462 e. The Bertz CT molecular complexity index is 1740. The van der Waals surface area contributed by atoms with Gasteiger partial charge < -0.3 is 33.8 Å². The molecule has 90 heavy (non-hydrogen) atoms. The molecule has 0 aromatic carbocycles. The summed E-state index contributed by atoms with van der Waals surface area (Å²) in [4.78, 5) is 72.5. The van der Waals surface area contributed by atoms with Crippen molar-refractivity contribution in [2.24, 2.45) is 5.92 Å². The number of phosphoric acid groups is 2. The van der Waals surface area contributed by atoms with E-state index in [4.69, 9.17) is 37.0 Å². The molecule has 0 aliphatic heterocycles. The van der Waals surface area contributed by atoms with Crippen LogP contribution in [0.5, 0.6) is 0 Å². The van der Waals surface area contributed by atoms with Crippen LogP contribution in [0.3, 0.4) is 0 Å². The summed E-state index contributed by atoms with van der Waals surface area (Å²) in [6, 6.07) is 0. The molecule has 0 saturated carbocycles. The number of hydrogen-bond donors (Lipinski definition) is 3. The average Bonchev–Trinajstić information content (AvgIpc) is 2.31. The maximum Gasteiger partial charge on any atom is 0.472 e. The fourth-order valence-electron chi connectivity index (χ4n) is 10.8. The third-order valence-corrected chi connectivity index (χ3v) is 18.8. The Morgan fingerprint density at radius 1 is 0.311 bits per heavy atom. The van der Waals surface area contributed by atoms with E-state index in [1.807, 2.05) is 0 Å². The van der Waals surface area contributed by atoms with Gasteiger partial charge in [0.15, 0.2) is 12.2 Å². The second kappa shape index (κ2) is 64.4. The van der Waals surface area contributed by atoms with Crippen molar-refractivity contribution in [1.29, 1.82) is 0 Å². The van der Waals surface area contributed by atoms with E-state index < -0.39 is 97.5 Å². The molecule has 3 unspecified atom stereocenters. The first-order chi connectivity index (χ1) is 43.6. The summed E-state index contributed by atoms with van der Waals surface area (Å²) in [6.45, 7) is 7.21. The predicted molar refractivity (Wildman–Crippen MR) is 363 cm³/mol. The van der Waals surface area contributed by atoms with Gasteiger partial charge in [-0.05, 0) is 31.6 Å². The number of carbonyl (C=O) groups excluding carboxylic acids is 4. The zero-order valence-corrected chi connectivity index (χ0v) is 60.1. The molecule has 0 spiro atoms. The number of phosphoric ester groups is 2. The predicted octanol–water partition coefficient (Wildman–Crippen LogP) is 20.5. The maximum atomic E-state index is 13.0. The summed E-state index contributed by atoms with van der Waals surface area (Å²) in [5.74, 6) is -1.36. The van der Waals surface area contributed by atoms with E-state index in [1.165, 1.54) is 180 Å². The summed E-state index contributed by atoms with van der Waals surface area (Å²) >= 11 is 0. The minimum Gasteiger partial charge on any atom is -0.462 e.